The molecule has 1 aromatic rings. The first-order valence-corrected chi connectivity index (χ1v) is 6.68. The number of quaternary nitrogens is 1. The van der Waals surface area contributed by atoms with Crippen LogP contribution in [0, 0.1) is 0 Å². The molecule has 1 rings (SSSR count). The number of nitrogens with zero attached hydrogens (tertiary/aromatic N) is 1. The van der Waals surface area contributed by atoms with Crippen LogP contribution in [0.2, 0.25) is 0 Å². The third-order valence-corrected chi connectivity index (χ3v) is 1.89. The van der Waals surface area contributed by atoms with Crippen molar-refractivity contribution in [2.75, 3.05) is 34.3 Å². The Hall–Kier alpha value is -0.923. The van der Waals surface area contributed by atoms with Crippen LogP contribution < -0.4 is 24.0 Å². The van der Waals surface area contributed by atoms with E-state index in [0.717, 1.165) is 11.0 Å². The second-order valence-corrected chi connectivity index (χ2v) is 5.15. The Kier molecular flexibility index (Phi) is 16.2. The van der Waals surface area contributed by atoms with Gasteiger partial charge in [0, 0.05) is 0 Å². The fourth-order valence-electron chi connectivity index (χ4n) is 0.943. The second kappa shape index (κ2) is 13.7. The number of para-hydroxylation sites is 1. The number of carboxylic acid groups (broad SMARTS) is 1. The van der Waals surface area contributed by atoms with Crippen molar-refractivity contribution in [3.05, 3.63) is 29.8 Å². The van der Waals surface area contributed by atoms with Crippen LogP contribution in [0.15, 0.2) is 24.3 Å². The molecule has 0 bridgehead atoms. The first-order chi connectivity index (χ1) is 9.51. The van der Waals surface area contributed by atoms with E-state index in [4.69, 9.17) is 23.5 Å². The van der Waals surface area contributed by atoms with Crippen LogP contribution in [-0.4, -0.2) is 68.3 Å². The SMILES string of the molecule is C[N+](C)(C)CCO.O=C(O)c1ccccc1[O-].O=S([O-])[O-].[Li+]. The molecule has 0 atom stereocenters. The summed E-state index contributed by atoms with van der Waals surface area (Å²) in [5.74, 6) is -1.62. The van der Waals surface area contributed by atoms with E-state index in [1.807, 2.05) is 0 Å². The van der Waals surface area contributed by atoms with Crippen LogP contribution in [-0.2, 0) is 11.4 Å². The van der Waals surface area contributed by atoms with Crippen molar-refractivity contribution in [2.24, 2.45) is 0 Å². The molecule has 0 saturated heterocycles. The van der Waals surface area contributed by atoms with Crippen molar-refractivity contribution >= 4 is 17.3 Å². The van der Waals surface area contributed by atoms with Gasteiger partial charge >= 0.3 is 24.8 Å². The Balaban J connectivity index is -0.000000266. The molecule has 0 amide bonds. The number of aliphatic hydroxyl groups is 1. The molecule has 0 fully saturated rings. The van der Waals surface area contributed by atoms with Gasteiger partial charge in [-0.2, -0.15) is 0 Å². The summed E-state index contributed by atoms with van der Waals surface area (Å²) in [7, 11) is 6.16. The molecule has 10 heteroatoms. The molecule has 2 N–H and O–H groups in total. The largest absolute Gasteiger partial charge is 1.00 e. The monoisotopic (exact) mass is 328 g/mol. The zero-order valence-electron chi connectivity index (χ0n) is 13.0. The number of carboxylic acids is 1. The van der Waals surface area contributed by atoms with Crippen molar-refractivity contribution in [3.8, 4) is 5.75 Å². The van der Waals surface area contributed by atoms with Crippen LogP contribution >= 0.6 is 0 Å². The van der Waals surface area contributed by atoms with Gasteiger partial charge < -0.3 is 28.9 Å². The number of benzene rings is 1. The van der Waals surface area contributed by atoms with E-state index in [1.54, 1.807) is 0 Å². The van der Waals surface area contributed by atoms with E-state index >= 15 is 0 Å². The number of aliphatic hydroxyl groups excluding tert-OH is 1. The van der Waals surface area contributed by atoms with Crippen LogP contribution in [0.4, 0.5) is 0 Å². The van der Waals surface area contributed by atoms with E-state index in [9.17, 15) is 9.90 Å². The topological polar surface area (TPSA) is 144 Å². The zero-order chi connectivity index (χ0) is 17.1. The Labute approximate surface area is 144 Å². The maximum Gasteiger partial charge on any atom is 1.00 e. The van der Waals surface area contributed by atoms with Crippen molar-refractivity contribution in [3.63, 3.8) is 0 Å². The normalized spacial score (nSPS) is 9.59. The molecule has 0 radical (unpaired) electrons. The third kappa shape index (κ3) is 19.1. The molecule has 0 heterocycles. The smallest absolute Gasteiger partial charge is 0.872 e. The summed E-state index contributed by atoms with van der Waals surface area (Å²) in [4.78, 5) is 10.2. The molecule has 122 valence electrons. The maximum atomic E-state index is 10.7. The van der Waals surface area contributed by atoms with Gasteiger partial charge in [0.1, 0.15) is 6.54 Å². The van der Waals surface area contributed by atoms with E-state index < -0.39 is 23.1 Å². The van der Waals surface area contributed by atoms with E-state index in [2.05, 4.69) is 21.1 Å². The molecule has 0 aliphatic heterocycles. The average Bonchev–Trinajstić information content (AvgIpc) is 2.27. The summed E-state index contributed by atoms with van der Waals surface area (Å²) in [5.41, 5.74) is -0.178. The predicted octanol–water partition coefficient (Wildman–Crippen LogP) is -3.86. The molecule has 0 aliphatic carbocycles. The molecular formula is C12H19LiNO7S-. The maximum absolute atomic E-state index is 10.7. The summed E-state index contributed by atoms with van der Waals surface area (Å²) in [6.07, 6.45) is 0. The first-order valence-electron chi connectivity index (χ1n) is 5.68. The fourth-order valence-corrected chi connectivity index (χ4v) is 0.943. The van der Waals surface area contributed by atoms with Crippen LogP contribution in [0.5, 0.6) is 5.75 Å². The van der Waals surface area contributed by atoms with Gasteiger partial charge in [-0.05, 0) is 6.07 Å². The molecule has 0 aliphatic rings. The van der Waals surface area contributed by atoms with Crippen molar-refractivity contribution in [1.29, 1.82) is 0 Å². The van der Waals surface area contributed by atoms with Crippen molar-refractivity contribution in [2.45, 2.75) is 0 Å². The van der Waals surface area contributed by atoms with E-state index in [0.29, 0.717) is 0 Å². The van der Waals surface area contributed by atoms with Crippen LogP contribution in [0.1, 0.15) is 10.4 Å². The summed E-state index contributed by atoms with van der Waals surface area (Å²) in [6.45, 7) is 1.11. The van der Waals surface area contributed by atoms with Gasteiger partial charge in [0.15, 0.2) is 0 Å². The third-order valence-electron chi connectivity index (χ3n) is 1.89. The van der Waals surface area contributed by atoms with Crippen molar-refractivity contribution in [1.82, 2.24) is 0 Å². The summed E-state index contributed by atoms with van der Waals surface area (Å²) >= 11 is -3.11. The molecule has 22 heavy (non-hydrogen) atoms. The summed E-state index contributed by atoms with van der Waals surface area (Å²) in [6, 6.07) is 5.54. The number of hydrogen-bond donors (Lipinski definition) is 2. The Morgan fingerprint density at radius 3 is 1.82 bits per heavy atom. The molecule has 0 aromatic heterocycles. The molecule has 0 unspecified atom stereocenters. The zero-order valence-corrected chi connectivity index (χ0v) is 13.8. The number of likely N-dealkylation sites (N-methyl/N-ethyl adjacent to an activating group) is 1. The number of carbonyl (C=O) groups is 1. The number of rotatable bonds is 3. The Bertz CT molecular complexity index is 447. The fraction of sp³-hybridized carbons (Fsp3) is 0.417. The van der Waals surface area contributed by atoms with Gasteiger partial charge in [0.05, 0.1) is 33.3 Å². The predicted molar refractivity (Wildman–Crippen MR) is 72.5 cm³/mol. The van der Waals surface area contributed by atoms with Gasteiger partial charge in [0.2, 0.25) is 0 Å². The second-order valence-electron chi connectivity index (χ2n) is 4.74. The summed E-state index contributed by atoms with van der Waals surface area (Å²) in [5, 5.41) is 27.4. The van der Waals surface area contributed by atoms with Gasteiger partial charge in [-0.25, -0.2) is 4.79 Å². The molecule has 1 aromatic carbocycles. The molecule has 0 saturated carbocycles. The quantitative estimate of drug-likeness (QED) is 0.328. The Morgan fingerprint density at radius 1 is 1.23 bits per heavy atom. The van der Waals surface area contributed by atoms with Gasteiger partial charge in [-0.3, -0.25) is 4.21 Å². The van der Waals surface area contributed by atoms with Crippen LogP contribution in [0.25, 0.3) is 0 Å². The minimum Gasteiger partial charge on any atom is -0.872 e. The minimum absolute atomic E-state index is 0. The number of aromatic carboxylic acids is 1. The van der Waals surface area contributed by atoms with Gasteiger partial charge in [0.25, 0.3) is 0 Å². The average molecular weight is 328 g/mol. The Morgan fingerprint density at radius 2 is 1.64 bits per heavy atom. The van der Waals surface area contributed by atoms with E-state index in [1.165, 1.54) is 24.3 Å². The van der Waals surface area contributed by atoms with Gasteiger partial charge in [-0.1, -0.05) is 23.9 Å². The van der Waals surface area contributed by atoms with Crippen LogP contribution in [0.3, 0.4) is 0 Å². The van der Waals surface area contributed by atoms with Gasteiger partial charge in [-0.15, -0.1) is 11.4 Å². The number of hydrogen-bond acceptors (Lipinski definition) is 6. The molecule has 0 spiro atoms. The standard InChI is InChI=1S/C7H6O3.C5H14NO.Li.H2O3S/c8-6-4-2-1-3-5(6)7(9)10;1-6(2,3)4-5-7;;1-4(2)3/h1-4,8H,(H,9,10);7H,4-5H2,1-3H3;;(H2,1,2,3)/q;2*+1;/p-3. The molecular weight excluding hydrogens is 309 g/mol. The molecule has 8 nitrogen and oxygen atoms in total. The van der Waals surface area contributed by atoms with E-state index in [-0.39, 0.29) is 31.0 Å². The minimum atomic E-state index is -3.11. The first kappa shape index (κ1) is 26.0. The van der Waals surface area contributed by atoms with Crippen molar-refractivity contribution < 1.29 is 56.8 Å². The summed E-state index contributed by atoms with van der Waals surface area (Å²) < 4.78 is 26.2.